The summed E-state index contributed by atoms with van der Waals surface area (Å²) in [5, 5.41) is 15.1. The fourth-order valence-electron chi connectivity index (χ4n) is 3.50. The van der Waals surface area contributed by atoms with Crippen LogP contribution in [0.2, 0.25) is 0 Å². The van der Waals surface area contributed by atoms with Crippen LogP contribution in [-0.2, 0) is 0 Å². The largest absolute Gasteiger partial charge is 0.366 e. The first-order chi connectivity index (χ1) is 9.35. The van der Waals surface area contributed by atoms with Crippen LogP contribution in [0.5, 0.6) is 0 Å². The van der Waals surface area contributed by atoms with Crippen molar-refractivity contribution in [2.24, 2.45) is 0 Å². The van der Waals surface area contributed by atoms with Gasteiger partial charge in [0.15, 0.2) is 5.65 Å². The average molecular weight is 274 g/mol. The highest BCUT2D eigenvalue weighted by molar-refractivity contribution is 5.85. The lowest BCUT2D eigenvalue weighted by molar-refractivity contribution is 0.170. The Morgan fingerprint density at radius 3 is 2.55 bits per heavy atom. The third-order valence-corrected chi connectivity index (χ3v) is 3.78. The third-order valence-electron chi connectivity index (χ3n) is 3.78. The van der Waals surface area contributed by atoms with Gasteiger partial charge in [-0.3, -0.25) is 5.10 Å². The molecule has 0 aromatic carbocycles. The molecule has 20 heavy (non-hydrogen) atoms. The van der Waals surface area contributed by atoms with Crippen LogP contribution in [-0.4, -0.2) is 37.3 Å². The molecule has 1 saturated heterocycles. The van der Waals surface area contributed by atoms with E-state index in [9.17, 15) is 0 Å². The minimum atomic E-state index is 0.113. The lowest BCUT2D eigenvalue weighted by Gasteiger charge is -2.46. The molecule has 0 amide bonds. The van der Waals surface area contributed by atoms with E-state index in [1.165, 1.54) is 0 Å². The number of anilines is 1. The van der Waals surface area contributed by atoms with E-state index in [0.29, 0.717) is 6.04 Å². The van der Waals surface area contributed by atoms with Crippen molar-refractivity contribution in [1.29, 1.82) is 0 Å². The Labute approximate surface area is 118 Å². The van der Waals surface area contributed by atoms with Crippen molar-refractivity contribution in [1.82, 2.24) is 25.5 Å². The Hall–Kier alpha value is -1.69. The van der Waals surface area contributed by atoms with Crippen molar-refractivity contribution in [3.63, 3.8) is 0 Å². The number of nitrogens with zero attached hydrogens (tertiary/aromatic N) is 3. The number of nitrogens with one attached hydrogen (secondary N) is 3. The molecule has 0 spiro atoms. The molecule has 108 valence electrons. The minimum absolute atomic E-state index is 0.113. The van der Waals surface area contributed by atoms with Gasteiger partial charge in [-0.2, -0.15) is 5.10 Å². The van der Waals surface area contributed by atoms with Crippen LogP contribution >= 0.6 is 0 Å². The van der Waals surface area contributed by atoms with Crippen LogP contribution in [0.25, 0.3) is 11.0 Å². The van der Waals surface area contributed by atoms with E-state index in [1.54, 1.807) is 12.5 Å². The summed E-state index contributed by atoms with van der Waals surface area (Å²) in [4.78, 5) is 8.54. The summed E-state index contributed by atoms with van der Waals surface area (Å²) < 4.78 is 0. The SMILES string of the molecule is CC1(C)CC(Nc2ncnc3[nH]ncc23)CC(C)(C)N1. The molecule has 2 aromatic heterocycles. The normalized spacial score (nSPS) is 22.0. The molecule has 0 aliphatic carbocycles. The summed E-state index contributed by atoms with van der Waals surface area (Å²) in [6.07, 6.45) is 5.45. The van der Waals surface area contributed by atoms with E-state index in [4.69, 9.17) is 0 Å². The summed E-state index contributed by atoms with van der Waals surface area (Å²) in [6.45, 7) is 8.98. The molecule has 2 aromatic rings. The number of aromatic nitrogens is 4. The zero-order chi connectivity index (χ0) is 14.4. The predicted octanol–water partition coefficient (Wildman–Crippen LogP) is 2.07. The maximum Gasteiger partial charge on any atom is 0.160 e. The second kappa shape index (κ2) is 4.41. The number of hydrogen-bond acceptors (Lipinski definition) is 5. The molecular weight excluding hydrogens is 252 g/mol. The van der Waals surface area contributed by atoms with Gasteiger partial charge in [-0.1, -0.05) is 0 Å². The molecular formula is C14H22N6. The molecule has 1 fully saturated rings. The first kappa shape index (κ1) is 13.3. The fraction of sp³-hybridized carbons (Fsp3) is 0.643. The molecule has 0 radical (unpaired) electrons. The molecule has 6 heteroatoms. The second-order valence-electron chi connectivity index (χ2n) is 7.00. The molecule has 3 N–H and O–H groups in total. The van der Waals surface area contributed by atoms with E-state index in [0.717, 1.165) is 29.7 Å². The number of H-pyrrole nitrogens is 1. The maximum absolute atomic E-state index is 4.37. The highest BCUT2D eigenvalue weighted by Crippen LogP contribution is 2.31. The number of piperidine rings is 1. The standard InChI is InChI=1S/C14H22N6/c1-13(2)5-9(6-14(3,4)20-13)18-11-10-7-17-19-12(10)16-8-15-11/h7-9,20H,5-6H2,1-4H3,(H2,15,16,17,18,19). The molecule has 1 aliphatic rings. The zero-order valence-corrected chi connectivity index (χ0v) is 12.5. The van der Waals surface area contributed by atoms with Gasteiger partial charge in [0.1, 0.15) is 12.1 Å². The maximum atomic E-state index is 4.37. The summed E-state index contributed by atoms with van der Waals surface area (Å²) >= 11 is 0. The van der Waals surface area contributed by atoms with Crippen LogP contribution in [0.3, 0.4) is 0 Å². The number of aromatic amines is 1. The lowest BCUT2D eigenvalue weighted by Crippen LogP contribution is -2.60. The first-order valence-electron chi connectivity index (χ1n) is 7.05. The Balaban J connectivity index is 1.85. The molecule has 0 unspecified atom stereocenters. The zero-order valence-electron chi connectivity index (χ0n) is 12.5. The van der Waals surface area contributed by atoms with Gasteiger partial charge in [0.05, 0.1) is 11.6 Å². The molecule has 0 bridgehead atoms. The van der Waals surface area contributed by atoms with Gasteiger partial charge in [-0.25, -0.2) is 9.97 Å². The van der Waals surface area contributed by atoms with Crippen molar-refractivity contribution in [2.75, 3.05) is 5.32 Å². The molecule has 0 saturated carbocycles. The van der Waals surface area contributed by atoms with Crippen LogP contribution in [0.15, 0.2) is 12.5 Å². The van der Waals surface area contributed by atoms with Crippen LogP contribution < -0.4 is 10.6 Å². The van der Waals surface area contributed by atoms with Gasteiger partial charge < -0.3 is 10.6 Å². The van der Waals surface area contributed by atoms with Gasteiger partial charge in [0, 0.05) is 17.1 Å². The fourth-order valence-corrected chi connectivity index (χ4v) is 3.50. The first-order valence-corrected chi connectivity index (χ1v) is 7.05. The van der Waals surface area contributed by atoms with Gasteiger partial charge >= 0.3 is 0 Å². The van der Waals surface area contributed by atoms with E-state index >= 15 is 0 Å². The Kier molecular flexibility index (Phi) is 2.93. The van der Waals surface area contributed by atoms with Crippen LogP contribution in [0.4, 0.5) is 5.82 Å². The van der Waals surface area contributed by atoms with Crippen molar-refractivity contribution >= 4 is 16.9 Å². The number of rotatable bonds is 2. The van der Waals surface area contributed by atoms with Crippen LogP contribution in [0.1, 0.15) is 40.5 Å². The van der Waals surface area contributed by atoms with E-state index < -0.39 is 0 Å². The van der Waals surface area contributed by atoms with E-state index in [1.807, 2.05) is 0 Å². The second-order valence-corrected chi connectivity index (χ2v) is 7.00. The monoisotopic (exact) mass is 274 g/mol. The van der Waals surface area contributed by atoms with Gasteiger partial charge in [0.2, 0.25) is 0 Å². The highest BCUT2D eigenvalue weighted by atomic mass is 15.2. The average Bonchev–Trinajstić information content (AvgIpc) is 2.73. The third kappa shape index (κ3) is 2.60. The topological polar surface area (TPSA) is 78.5 Å². The van der Waals surface area contributed by atoms with E-state index in [-0.39, 0.29) is 11.1 Å². The molecule has 3 heterocycles. The van der Waals surface area contributed by atoms with Crippen molar-refractivity contribution in [2.45, 2.75) is 57.7 Å². The number of hydrogen-bond donors (Lipinski definition) is 3. The van der Waals surface area contributed by atoms with Gasteiger partial charge in [-0.05, 0) is 40.5 Å². The van der Waals surface area contributed by atoms with Crippen molar-refractivity contribution in [3.8, 4) is 0 Å². The summed E-state index contributed by atoms with van der Waals surface area (Å²) in [7, 11) is 0. The van der Waals surface area contributed by atoms with E-state index in [2.05, 4.69) is 58.5 Å². The summed E-state index contributed by atoms with van der Waals surface area (Å²) in [5.74, 6) is 0.863. The quantitative estimate of drug-likeness (QED) is 0.781. The lowest BCUT2D eigenvalue weighted by atomic mass is 9.79. The summed E-state index contributed by atoms with van der Waals surface area (Å²) in [6, 6.07) is 0.384. The smallest absolute Gasteiger partial charge is 0.160 e. The molecule has 1 aliphatic heterocycles. The number of fused-ring (bicyclic) bond motifs is 1. The summed E-state index contributed by atoms with van der Waals surface area (Å²) in [5.41, 5.74) is 0.999. The Morgan fingerprint density at radius 1 is 1.15 bits per heavy atom. The Bertz CT molecular complexity index is 599. The predicted molar refractivity (Wildman–Crippen MR) is 79.6 cm³/mol. The Morgan fingerprint density at radius 2 is 1.85 bits per heavy atom. The molecule has 0 atom stereocenters. The molecule has 6 nitrogen and oxygen atoms in total. The van der Waals surface area contributed by atoms with Crippen molar-refractivity contribution < 1.29 is 0 Å². The van der Waals surface area contributed by atoms with Crippen molar-refractivity contribution in [3.05, 3.63) is 12.5 Å². The highest BCUT2D eigenvalue weighted by Gasteiger charge is 2.37. The van der Waals surface area contributed by atoms with Gasteiger partial charge in [-0.15, -0.1) is 0 Å². The minimum Gasteiger partial charge on any atom is -0.366 e. The van der Waals surface area contributed by atoms with Gasteiger partial charge in [0.25, 0.3) is 0 Å². The van der Waals surface area contributed by atoms with Crippen LogP contribution in [0, 0.1) is 0 Å². The molecule has 3 rings (SSSR count).